The second-order valence-electron chi connectivity index (χ2n) is 5.29. The Hall–Kier alpha value is -2.08. The zero-order valence-electron chi connectivity index (χ0n) is 11.7. The first kappa shape index (κ1) is 12.9. The molecule has 3 rings (SSSR count). The number of nitrogen functional groups attached to an aromatic ring is 1. The maximum absolute atomic E-state index is 11.9. The summed E-state index contributed by atoms with van der Waals surface area (Å²) in [4.78, 5) is 20.9. The number of aromatic nitrogens is 2. The van der Waals surface area contributed by atoms with Gasteiger partial charge in [0.05, 0.1) is 17.8 Å². The van der Waals surface area contributed by atoms with E-state index in [1.54, 1.807) is 0 Å². The molecule has 2 aromatic heterocycles. The molecular weight excluding hydrogens is 256 g/mol. The predicted molar refractivity (Wildman–Crippen MR) is 75.3 cm³/mol. The van der Waals surface area contributed by atoms with E-state index >= 15 is 0 Å². The van der Waals surface area contributed by atoms with Gasteiger partial charge in [0.2, 0.25) is 5.95 Å². The average Bonchev–Trinajstić information content (AvgIpc) is 2.69. The van der Waals surface area contributed by atoms with Crippen LogP contribution in [0.1, 0.15) is 28.3 Å². The summed E-state index contributed by atoms with van der Waals surface area (Å²) < 4.78 is 5.69. The van der Waals surface area contributed by atoms with Crippen molar-refractivity contribution in [1.29, 1.82) is 0 Å². The molecule has 0 aromatic carbocycles. The van der Waals surface area contributed by atoms with E-state index in [0.29, 0.717) is 18.7 Å². The zero-order chi connectivity index (χ0) is 14.3. The van der Waals surface area contributed by atoms with Crippen molar-refractivity contribution in [3.63, 3.8) is 0 Å². The first-order valence-electron chi connectivity index (χ1n) is 6.68. The van der Waals surface area contributed by atoms with Crippen molar-refractivity contribution in [2.45, 2.75) is 33.4 Å². The van der Waals surface area contributed by atoms with Crippen LogP contribution in [0.5, 0.6) is 0 Å². The van der Waals surface area contributed by atoms with Crippen LogP contribution in [0.3, 0.4) is 0 Å². The first-order chi connectivity index (χ1) is 9.52. The van der Waals surface area contributed by atoms with Gasteiger partial charge >= 0.3 is 0 Å². The highest BCUT2D eigenvalue weighted by molar-refractivity contribution is 5.27. The third kappa shape index (κ3) is 2.34. The number of hydrogen-bond acceptors (Lipinski definition) is 5. The molecule has 3 N–H and O–H groups in total. The molecule has 6 heteroatoms. The Bertz CT molecular complexity index is 682. The van der Waals surface area contributed by atoms with Crippen molar-refractivity contribution < 1.29 is 4.42 Å². The minimum absolute atomic E-state index is 0.135. The van der Waals surface area contributed by atoms with Crippen molar-refractivity contribution in [3.05, 3.63) is 44.8 Å². The monoisotopic (exact) mass is 274 g/mol. The SMILES string of the molecule is Cc1cc(CN2CCc3nc(N)[nH]c(=O)c3C2)oc1C. The summed E-state index contributed by atoms with van der Waals surface area (Å²) in [5.74, 6) is 2.08. The Balaban J connectivity index is 1.80. The molecule has 0 spiro atoms. The maximum Gasteiger partial charge on any atom is 0.257 e. The topological polar surface area (TPSA) is 88.2 Å². The van der Waals surface area contributed by atoms with Crippen molar-refractivity contribution in [2.75, 3.05) is 12.3 Å². The highest BCUT2D eigenvalue weighted by Crippen LogP contribution is 2.19. The molecule has 1 aliphatic heterocycles. The Kier molecular flexibility index (Phi) is 3.10. The highest BCUT2D eigenvalue weighted by atomic mass is 16.3. The predicted octanol–water partition coefficient (Wildman–Crippen LogP) is 1.12. The second-order valence-corrected chi connectivity index (χ2v) is 5.29. The van der Waals surface area contributed by atoms with E-state index in [1.807, 2.05) is 13.8 Å². The number of nitrogens with one attached hydrogen (secondary N) is 1. The van der Waals surface area contributed by atoms with Crippen LogP contribution < -0.4 is 11.3 Å². The number of nitrogens with zero attached hydrogens (tertiary/aromatic N) is 2. The van der Waals surface area contributed by atoms with Crippen molar-refractivity contribution >= 4 is 5.95 Å². The van der Waals surface area contributed by atoms with Gasteiger partial charge in [0.1, 0.15) is 11.5 Å². The fraction of sp³-hybridized carbons (Fsp3) is 0.429. The number of aromatic amines is 1. The van der Waals surface area contributed by atoms with Gasteiger partial charge in [0.15, 0.2) is 0 Å². The van der Waals surface area contributed by atoms with E-state index in [0.717, 1.165) is 35.7 Å². The van der Waals surface area contributed by atoms with Gasteiger partial charge in [-0.3, -0.25) is 14.7 Å². The van der Waals surface area contributed by atoms with Crippen LogP contribution in [0.4, 0.5) is 5.95 Å². The third-order valence-electron chi connectivity index (χ3n) is 3.76. The van der Waals surface area contributed by atoms with E-state index in [4.69, 9.17) is 10.2 Å². The summed E-state index contributed by atoms with van der Waals surface area (Å²) in [6, 6.07) is 2.05. The number of furan rings is 1. The van der Waals surface area contributed by atoms with E-state index in [9.17, 15) is 4.79 Å². The zero-order valence-corrected chi connectivity index (χ0v) is 11.7. The number of aryl methyl sites for hydroxylation is 2. The van der Waals surface area contributed by atoms with Gasteiger partial charge in [0.25, 0.3) is 5.56 Å². The van der Waals surface area contributed by atoms with Gasteiger partial charge in [0, 0.05) is 19.5 Å². The molecule has 0 saturated heterocycles. The largest absolute Gasteiger partial charge is 0.465 e. The standard InChI is InChI=1S/C14H18N4O2/c1-8-5-10(20-9(8)2)6-18-4-3-12-11(7-18)13(19)17-14(15)16-12/h5H,3-4,6-7H2,1-2H3,(H3,15,16,17,19). The van der Waals surface area contributed by atoms with Crippen molar-refractivity contribution in [2.24, 2.45) is 0 Å². The molecular formula is C14H18N4O2. The summed E-state index contributed by atoms with van der Waals surface area (Å²) in [7, 11) is 0. The summed E-state index contributed by atoms with van der Waals surface area (Å²) in [6.45, 7) is 6.13. The fourth-order valence-corrected chi connectivity index (χ4v) is 2.58. The molecule has 2 aromatic rings. The molecule has 3 heterocycles. The van der Waals surface area contributed by atoms with Gasteiger partial charge < -0.3 is 10.2 Å². The van der Waals surface area contributed by atoms with Crippen LogP contribution >= 0.6 is 0 Å². The van der Waals surface area contributed by atoms with E-state index < -0.39 is 0 Å². The van der Waals surface area contributed by atoms with Crippen LogP contribution in [-0.4, -0.2) is 21.4 Å². The molecule has 0 bridgehead atoms. The minimum atomic E-state index is -0.135. The summed E-state index contributed by atoms with van der Waals surface area (Å²) >= 11 is 0. The van der Waals surface area contributed by atoms with Crippen LogP contribution in [0, 0.1) is 13.8 Å². The maximum atomic E-state index is 11.9. The molecule has 0 atom stereocenters. The first-order valence-corrected chi connectivity index (χ1v) is 6.68. The smallest absolute Gasteiger partial charge is 0.257 e. The van der Waals surface area contributed by atoms with Gasteiger partial charge in [-0.1, -0.05) is 0 Å². The molecule has 1 aliphatic rings. The average molecular weight is 274 g/mol. The Morgan fingerprint density at radius 1 is 1.50 bits per heavy atom. The van der Waals surface area contributed by atoms with Crippen molar-refractivity contribution in [1.82, 2.24) is 14.9 Å². The number of rotatable bonds is 2. The quantitative estimate of drug-likeness (QED) is 0.856. The van der Waals surface area contributed by atoms with Crippen LogP contribution in [-0.2, 0) is 19.5 Å². The molecule has 0 amide bonds. The molecule has 0 unspecified atom stereocenters. The minimum Gasteiger partial charge on any atom is -0.465 e. The number of hydrogen-bond donors (Lipinski definition) is 2. The van der Waals surface area contributed by atoms with Crippen LogP contribution in [0.25, 0.3) is 0 Å². The number of nitrogens with two attached hydrogens (primary N) is 1. The van der Waals surface area contributed by atoms with E-state index in [2.05, 4.69) is 20.9 Å². The fourth-order valence-electron chi connectivity index (χ4n) is 2.58. The molecule has 0 aliphatic carbocycles. The van der Waals surface area contributed by atoms with E-state index in [1.165, 1.54) is 0 Å². The molecule has 20 heavy (non-hydrogen) atoms. The molecule has 0 saturated carbocycles. The normalized spacial score (nSPS) is 15.3. The molecule has 0 radical (unpaired) electrons. The summed E-state index contributed by atoms with van der Waals surface area (Å²) in [5.41, 5.74) is 8.11. The van der Waals surface area contributed by atoms with Gasteiger partial charge in [-0.05, 0) is 25.5 Å². The Labute approximate surface area is 116 Å². The molecule has 106 valence electrons. The lowest BCUT2D eigenvalue weighted by Crippen LogP contribution is -2.35. The molecule has 0 fully saturated rings. The van der Waals surface area contributed by atoms with Gasteiger partial charge in [-0.2, -0.15) is 0 Å². The molecule has 6 nitrogen and oxygen atoms in total. The number of H-pyrrole nitrogens is 1. The van der Waals surface area contributed by atoms with Gasteiger partial charge in [-0.15, -0.1) is 0 Å². The van der Waals surface area contributed by atoms with Crippen LogP contribution in [0.2, 0.25) is 0 Å². The van der Waals surface area contributed by atoms with Gasteiger partial charge in [-0.25, -0.2) is 4.98 Å². The second kappa shape index (κ2) is 4.79. The van der Waals surface area contributed by atoms with E-state index in [-0.39, 0.29) is 11.5 Å². The summed E-state index contributed by atoms with van der Waals surface area (Å²) in [6.07, 6.45) is 0.738. The lowest BCUT2D eigenvalue weighted by molar-refractivity contribution is 0.221. The Morgan fingerprint density at radius 3 is 3.00 bits per heavy atom. The van der Waals surface area contributed by atoms with Crippen molar-refractivity contribution in [3.8, 4) is 0 Å². The Morgan fingerprint density at radius 2 is 2.30 bits per heavy atom. The number of fused-ring (bicyclic) bond motifs is 1. The number of anilines is 1. The summed E-state index contributed by atoms with van der Waals surface area (Å²) in [5, 5.41) is 0. The lowest BCUT2D eigenvalue weighted by Gasteiger charge is -2.26. The highest BCUT2D eigenvalue weighted by Gasteiger charge is 2.21. The third-order valence-corrected chi connectivity index (χ3v) is 3.76. The van der Waals surface area contributed by atoms with Crippen LogP contribution in [0.15, 0.2) is 15.3 Å². The lowest BCUT2D eigenvalue weighted by atomic mass is 10.1.